The van der Waals surface area contributed by atoms with Gasteiger partial charge in [-0.25, -0.2) is 0 Å². The van der Waals surface area contributed by atoms with Crippen LogP contribution in [-0.2, 0) is 0 Å². The molecule has 3 aromatic carbocycles. The maximum absolute atomic E-state index is 2.31. The molecular weight excluding hydrogens is 215 g/mol. The van der Waals surface area contributed by atoms with E-state index in [0.717, 1.165) is 0 Å². The van der Waals surface area contributed by atoms with Crippen LogP contribution in [0.5, 0.6) is 0 Å². The fourth-order valence-electron chi connectivity index (χ4n) is 2.96. The third-order valence-electron chi connectivity index (χ3n) is 3.85. The molecule has 3 aromatic rings. The predicted molar refractivity (Wildman–Crippen MR) is 79.1 cm³/mol. The summed E-state index contributed by atoms with van der Waals surface area (Å²) in [5.41, 5.74) is 6.85. The average molecular weight is 227 g/mol. The molecule has 0 fully saturated rings. The molecule has 0 amide bonds. The molecule has 18 heavy (non-hydrogen) atoms. The molecular formula is C17H12B. The van der Waals surface area contributed by atoms with Crippen molar-refractivity contribution in [3.05, 3.63) is 60.2 Å². The van der Waals surface area contributed by atoms with Crippen molar-refractivity contribution < 1.29 is 0 Å². The van der Waals surface area contributed by atoms with Crippen LogP contribution in [-0.4, -0.2) is 7.28 Å². The first-order valence-corrected chi connectivity index (χ1v) is 6.31. The van der Waals surface area contributed by atoms with Gasteiger partial charge in [0.15, 0.2) is 7.28 Å². The minimum absolute atomic E-state index is 1.32. The molecule has 0 bridgehead atoms. The third-order valence-corrected chi connectivity index (χ3v) is 3.85. The second-order valence-electron chi connectivity index (χ2n) is 4.93. The Morgan fingerprint density at radius 3 is 2.67 bits per heavy atom. The molecule has 0 saturated carbocycles. The molecule has 0 unspecified atom stereocenters. The zero-order valence-corrected chi connectivity index (χ0v) is 10.3. The molecule has 0 aliphatic carbocycles. The Balaban J connectivity index is 2.16. The van der Waals surface area contributed by atoms with Crippen molar-refractivity contribution in [2.75, 3.05) is 0 Å². The summed E-state index contributed by atoms with van der Waals surface area (Å²) in [7, 11) is 2.31. The van der Waals surface area contributed by atoms with E-state index in [-0.39, 0.29) is 0 Å². The van der Waals surface area contributed by atoms with Crippen LogP contribution in [0.15, 0.2) is 54.6 Å². The van der Waals surface area contributed by atoms with Crippen molar-refractivity contribution >= 4 is 29.0 Å². The van der Waals surface area contributed by atoms with Gasteiger partial charge in [0.25, 0.3) is 0 Å². The Hall–Kier alpha value is -2.02. The normalized spacial score (nSPS) is 12.1. The molecule has 0 nitrogen and oxygen atoms in total. The second-order valence-corrected chi connectivity index (χ2v) is 4.93. The summed E-state index contributed by atoms with van der Waals surface area (Å²) >= 11 is 0. The number of hydrogen-bond donors (Lipinski definition) is 0. The van der Waals surface area contributed by atoms with Crippen molar-refractivity contribution in [1.29, 1.82) is 0 Å². The highest BCUT2D eigenvalue weighted by molar-refractivity contribution is 6.74. The number of rotatable bonds is 0. The smallest absolute Gasteiger partial charge is 0.0731 e. The van der Waals surface area contributed by atoms with E-state index in [9.17, 15) is 0 Å². The van der Waals surface area contributed by atoms with Gasteiger partial charge < -0.3 is 0 Å². The van der Waals surface area contributed by atoms with E-state index in [4.69, 9.17) is 0 Å². The van der Waals surface area contributed by atoms with Crippen LogP contribution in [0.4, 0.5) is 0 Å². The van der Waals surface area contributed by atoms with E-state index in [1.165, 1.54) is 38.4 Å². The van der Waals surface area contributed by atoms with Gasteiger partial charge in [-0.15, -0.1) is 0 Å². The fourth-order valence-corrected chi connectivity index (χ4v) is 2.96. The molecule has 4 rings (SSSR count). The van der Waals surface area contributed by atoms with Gasteiger partial charge in [0.05, 0.1) is 0 Å². The monoisotopic (exact) mass is 227 g/mol. The van der Waals surface area contributed by atoms with Gasteiger partial charge in [-0.2, -0.15) is 0 Å². The largest absolute Gasteiger partial charge is 0.193 e. The van der Waals surface area contributed by atoms with E-state index in [1.807, 2.05) is 0 Å². The summed E-state index contributed by atoms with van der Waals surface area (Å²) in [6.45, 7) is 2.18. The molecule has 1 aliphatic heterocycles. The van der Waals surface area contributed by atoms with Crippen molar-refractivity contribution in [2.45, 2.75) is 6.92 Å². The van der Waals surface area contributed by atoms with Gasteiger partial charge in [0, 0.05) is 0 Å². The molecule has 83 valence electrons. The molecule has 0 N–H and O–H groups in total. The van der Waals surface area contributed by atoms with Crippen molar-refractivity contribution in [3.63, 3.8) is 0 Å². The first-order valence-electron chi connectivity index (χ1n) is 6.31. The van der Waals surface area contributed by atoms with Crippen molar-refractivity contribution in [2.24, 2.45) is 0 Å². The molecule has 0 spiro atoms. The zero-order valence-electron chi connectivity index (χ0n) is 10.3. The minimum atomic E-state index is 1.32. The second kappa shape index (κ2) is 3.49. The first kappa shape index (κ1) is 9.96. The van der Waals surface area contributed by atoms with Crippen LogP contribution in [0.2, 0.25) is 0 Å². The molecule has 0 saturated heterocycles. The zero-order chi connectivity index (χ0) is 12.1. The first-order chi connectivity index (χ1) is 8.84. The Morgan fingerprint density at radius 2 is 1.72 bits per heavy atom. The average Bonchev–Trinajstić information content (AvgIpc) is 2.79. The number of fused-ring (bicyclic) bond motifs is 5. The SMILES string of the molecule is Cc1cccc2c1[B]c1ccc3ccccc3c1-2. The number of benzene rings is 3. The van der Waals surface area contributed by atoms with Gasteiger partial charge in [-0.05, 0) is 28.8 Å². The third kappa shape index (κ3) is 1.22. The van der Waals surface area contributed by atoms with Crippen LogP contribution in [0, 0.1) is 6.92 Å². The Labute approximate surface area is 108 Å². The summed E-state index contributed by atoms with van der Waals surface area (Å²) in [6, 6.07) is 19.6. The van der Waals surface area contributed by atoms with Crippen LogP contribution in [0.25, 0.3) is 21.9 Å². The quantitative estimate of drug-likeness (QED) is 0.405. The molecule has 1 heterocycles. The summed E-state index contributed by atoms with van der Waals surface area (Å²) in [5.74, 6) is 0. The van der Waals surface area contributed by atoms with E-state index < -0.39 is 0 Å². The van der Waals surface area contributed by atoms with Gasteiger partial charge >= 0.3 is 0 Å². The lowest BCUT2D eigenvalue weighted by Crippen LogP contribution is -2.22. The standard InChI is InChI=1S/C17H12B/c1-11-5-4-8-14-16-13-7-3-2-6-12(13)9-10-15(16)18-17(11)14/h2-10H,1H3. The van der Waals surface area contributed by atoms with E-state index in [1.54, 1.807) is 0 Å². The van der Waals surface area contributed by atoms with Crippen molar-refractivity contribution in [1.82, 2.24) is 0 Å². The highest BCUT2D eigenvalue weighted by Gasteiger charge is 2.22. The number of hydrogen-bond acceptors (Lipinski definition) is 0. The Morgan fingerprint density at radius 1 is 0.833 bits per heavy atom. The maximum atomic E-state index is 2.31. The van der Waals surface area contributed by atoms with Gasteiger partial charge in [-0.1, -0.05) is 71.1 Å². The summed E-state index contributed by atoms with van der Waals surface area (Å²) in [4.78, 5) is 0. The molecule has 1 radical (unpaired) electrons. The summed E-state index contributed by atoms with van der Waals surface area (Å²) in [6.07, 6.45) is 0. The van der Waals surface area contributed by atoms with E-state index >= 15 is 0 Å². The lowest BCUT2D eigenvalue weighted by molar-refractivity contribution is 1.52. The van der Waals surface area contributed by atoms with E-state index in [2.05, 4.69) is 68.8 Å². The van der Waals surface area contributed by atoms with Gasteiger partial charge in [-0.3, -0.25) is 0 Å². The minimum Gasteiger partial charge on any atom is -0.0731 e. The predicted octanol–water partition coefficient (Wildman–Crippen LogP) is 2.78. The molecule has 1 heteroatoms. The van der Waals surface area contributed by atoms with Crippen molar-refractivity contribution in [3.8, 4) is 11.1 Å². The van der Waals surface area contributed by atoms with Gasteiger partial charge in [0.1, 0.15) is 0 Å². The molecule has 0 atom stereocenters. The van der Waals surface area contributed by atoms with Crippen LogP contribution >= 0.6 is 0 Å². The summed E-state index contributed by atoms with van der Waals surface area (Å²) < 4.78 is 0. The molecule has 1 aliphatic rings. The lowest BCUT2D eigenvalue weighted by Gasteiger charge is -2.07. The van der Waals surface area contributed by atoms with Crippen LogP contribution < -0.4 is 10.9 Å². The highest BCUT2D eigenvalue weighted by atomic mass is 14.2. The molecule has 0 aromatic heterocycles. The number of aryl methyl sites for hydroxylation is 1. The fraction of sp³-hybridized carbons (Fsp3) is 0.0588. The van der Waals surface area contributed by atoms with Crippen LogP contribution in [0.3, 0.4) is 0 Å². The van der Waals surface area contributed by atoms with Crippen LogP contribution in [0.1, 0.15) is 5.56 Å². The summed E-state index contributed by atoms with van der Waals surface area (Å²) in [5, 5.41) is 2.68. The highest BCUT2D eigenvalue weighted by Crippen LogP contribution is 2.29. The topological polar surface area (TPSA) is 0 Å². The van der Waals surface area contributed by atoms with E-state index in [0.29, 0.717) is 0 Å². The maximum Gasteiger partial charge on any atom is 0.193 e. The Bertz CT molecular complexity index is 772. The Kier molecular flexibility index (Phi) is 1.93. The lowest BCUT2D eigenvalue weighted by atomic mass is 9.66. The van der Waals surface area contributed by atoms with Gasteiger partial charge in [0.2, 0.25) is 0 Å².